The van der Waals surface area contributed by atoms with Crippen molar-refractivity contribution in [3.63, 3.8) is 0 Å². The SMILES string of the molecule is O=[N+]([O-])c1c(F)cccc1NC1CCN(c2ccccc2)C1. The number of benzene rings is 2. The van der Waals surface area contributed by atoms with E-state index in [0.717, 1.165) is 31.3 Å². The second-order valence-corrected chi connectivity index (χ2v) is 5.30. The Labute approximate surface area is 127 Å². The lowest BCUT2D eigenvalue weighted by atomic mass is 10.2. The summed E-state index contributed by atoms with van der Waals surface area (Å²) in [6.45, 7) is 1.60. The number of para-hydroxylation sites is 2. The van der Waals surface area contributed by atoms with E-state index in [9.17, 15) is 14.5 Å². The van der Waals surface area contributed by atoms with Crippen molar-refractivity contribution < 1.29 is 9.31 Å². The van der Waals surface area contributed by atoms with Crippen molar-refractivity contribution in [2.45, 2.75) is 12.5 Å². The molecule has 1 heterocycles. The van der Waals surface area contributed by atoms with Gasteiger partial charge in [-0.05, 0) is 30.7 Å². The van der Waals surface area contributed by atoms with Crippen molar-refractivity contribution in [1.82, 2.24) is 0 Å². The molecule has 1 unspecified atom stereocenters. The average molecular weight is 301 g/mol. The van der Waals surface area contributed by atoms with Crippen LogP contribution in [0.5, 0.6) is 0 Å². The van der Waals surface area contributed by atoms with Gasteiger partial charge in [0.1, 0.15) is 5.69 Å². The normalized spacial score (nSPS) is 17.5. The van der Waals surface area contributed by atoms with Gasteiger partial charge in [-0.3, -0.25) is 10.1 Å². The van der Waals surface area contributed by atoms with E-state index in [1.807, 2.05) is 30.3 Å². The molecule has 1 saturated heterocycles. The predicted molar refractivity (Wildman–Crippen MR) is 83.7 cm³/mol. The van der Waals surface area contributed by atoms with Crippen LogP contribution >= 0.6 is 0 Å². The van der Waals surface area contributed by atoms with Crippen LogP contribution in [0.4, 0.5) is 21.5 Å². The molecule has 3 rings (SSSR count). The first-order valence-electron chi connectivity index (χ1n) is 7.14. The van der Waals surface area contributed by atoms with Crippen LogP contribution in [0.2, 0.25) is 0 Å². The summed E-state index contributed by atoms with van der Waals surface area (Å²) in [5.41, 5.74) is 0.881. The van der Waals surface area contributed by atoms with Crippen molar-refractivity contribution in [2.24, 2.45) is 0 Å². The van der Waals surface area contributed by atoms with Gasteiger partial charge in [0.25, 0.3) is 0 Å². The molecule has 0 amide bonds. The highest BCUT2D eigenvalue weighted by Gasteiger charge is 2.26. The number of nitrogens with zero attached hydrogens (tertiary/aromatic N) is 2. The van der Waals surface area contributed by atoms with Crippen LogP contribution in [-0.4, -0.2) is 24.1 Å². The molecule has 6 heteroatoms. The summed E-state index contributed by atoms with van der Waals surface area (Å²) in [7, 11) is 0. The Morgan fingerprint density at radius 3 is 2.68 bits per heavy atom. The number of hydrogen-bond donors (Lipinski definition) is 1. The van der Waals surface area contributed by atoms with Gasteiger partial charge in [0, 0.05) is 24.8 Å². The van der Waals surface area contributed by atoms with Crippen LogP contribution in [-0.2, 0) is 0 Å². The highest BCUT2D eigenvalue weighted by atomic mass is 19.1. The molecule has 114 valence electrons. The third kappa shape index (κ3) is 2.86. The minimum Gasteiger partial charge on any atom is -0.375 e. The van der Waals surface area contributed by atoms with Crippen molar-refractivity contribution in [2.75, 3.05) is 23.3 Å². The van der Waals surface area contributed by atoms with Crippen LogP contribution in [0.3, 0.4) is 0 Å². The number of nitro groups is 1. The molecule has 1 N–H and O–H groups in total. The highest BCUT2D eigenvalue weighted by molar-refractivity contribution is 5.63. The van der Waals surface area contributed by atoms with Crippen molar-refractivity contribution in [1.29, 1.82) is 0 Å². The fraction of sp³-hybridized carbons (Fsp3) is 0.250. The number of nitro benzene ring substituents is 1. The quantitative estimate of drug-likeness (QED) is 0.694. The van der Waals surface area contributed by atoms with E-state index in [2.05, 4.69) is 10.2 Å². The third-order valence-electron chi connectivity index (χ3n) is 3.84. The van der Waals surface area contributed by atoms with Crippen LogP contribution in [0, 0.1) is 15.9 Å². The van der Waals surface area contributed by atoms with Gasteiger partial charge in [0.15, 0.2) is 0 Å². The van der Waals surface area contributed by atoms with E-state index in [4.69, 9.17) is 0 Å². The first kappa shape index (κ1) is 14.3. The van der Waals surface area contributed by atoms with Crippen LogP contribution in [0.25, 0.3) is 0 Å². The van der Waals surface area contributed by atoms with E-state index in [-0.39, 0.29) is 11.7 Å². The first-order valence-corrected chi connectivity index (χ1v) is 7.14. The lowest BCUT2D eigenvalue weighted by Gasteiger charge is -2.19. The number of rotatable bonds is 4. The van der Waals surface area contributed by atoms with Gasteiger partial charge in [-0.15, -0.1) is 0 Å². The second-order valence-electron chi connectivity index (χ2n) is 5.30. The highest BCUT2D eigenvalue weighted by Crippen LogP contribution is 2.29. The minimum atomic E-state index is -0.812. The standard InChI is InChI=1S/C16H16FN3O2/c17-14-7-4-8-15(16(14)20(21)22)18-12-9-10-19(11-12)13-5-2-1-3-6-13/h1-8,12,18H,9-11H2. The number of halogens is 1. The molecule has 2 aromatic carbocycles. The zero-order valence-electron chi connectivity index (χ0n) is 11.9. The van der Waals surface area contributed by atoms with E-state index in [1.165, 1.54) is 6.07 Å². The molecule has 0 bridgehead atoms. The van der Waals surface area contributed by atoms with Gasteiger partial charge in [0.2, 0.25) is 5.82 Å². The van der Waals surface area contributed by atoms with E-state index >= 15 is 0 Å². The molecule has 5 nitrogen and oxygen atoms in total. The van der Waals surface area contributed by atoms with Crippen LogP contribution < -0.4 is 10.2 Å². The zero-order chi connectivity index (χ0) is 15.5. The van der Waals surface area contributed by atoms with Gasteiger partial charge in [-0.1, -0.05) is 24.3 Å². The van der Waals surface area contributed by atoms with Gasteiger partial charge in [-0.2, -0.15) is 4.39 Å². The lowest BCUT2D eigenvalue weighted by Crippen LogP contribution is -2.26. The number of anilines is 2. The Bertz CT molecular complexity index is 678. The minimum absolute atomic E-state index is 0.0562. The summed E-state index contributed by atoms with van der Waals surface area (Å²) < 4.78 is 13.6. The van der Waals surface area contributed by atoms with Crippen molar-refractivity contribution in [3.8, 4) is 0 Å². The first-order chi connectivity index (χ1) is 10.6. The molecule has 1 fully saturated rings. The smallest absolute Gasteiger partial charge is 0.327 e. The fourth-order valence-electron chi connectivity index (χ4n) is 2.79. The third-order valence-corrected chi connectivity index (χ3v) is 3.84. The summed E-state index contributed by atoms with van der Waals surface area (Å²) in [5, 5.41) is 14.1. The predicted octanol–water partition coefficient (Wildman–Crippen LogP) is 3.42. The molecule has 0 aliphatic carbocycles. The van der Waals surface area contributed by atoms with Crippen molar-refractivity contribution in [3.05, 3.63) is 64.5 Å². The van der Waals surface area contributed by atoms with Crippen LogP contribution in [0.1, 0.15) is 6.42 Å². The largest absolute Gasteiger partial charge is 0.375 e. The monoisotopic (exact) mass is 301 g/mol. The summed E-state index contributed by atoms with van der Waals surface area (Å²) in [4.78, 5) is 12.5. The maximum absolute atomic E-state index is 13.6. The topological polar surface area (TPSA) is 58.4 Å². The second kappa shape index (κ2) is 6.01. The van der Waals surface area contributed by atoms with Crippen molar-refractivity contribution >= 4 is 17.1 Å². The number of hydrogen-bond acceptors (Lipinski definition) is 4. The molecule has 0 radical (unpaired) electrons. The Hall–Kier alpha value is -2.63. The van der Waals surface area contributed by atoms with Gasteiger partial charge in [0.05, 0.1) is 4.92 Å². The van der Waals surface area contributed by atoms with Crippen LogP contribution in [0.15, 0.2) is 48.5 Å². The maximum atomic E-state index is 13.6. The molecule has 0 saturated carbocycles. The Kier molecular flexibility index (Phi) is 3.91. The summed E-state index contributed by atoms with van der Waals surface area (Å²) in [5.74, 6) is -0.812. The molecule has 22 heavy (non-hydrogen) atoms. The van der Waals surface area contributed by atoms with E-state index in [0.29, 0.717) is 0 Å². The van der Waals surface area contributed by atoms with Gasteiger partial charge < -0.3 is 10.2 Å². The lowest BCUT2D eigenvalue weighted by molar-refractivity contribution is -0.386. The molecule has 1 aliphatic heterocycles. The zero-order valence-corrected chi connectivity index (χ0v) is 11.9. The Balaban J connectivity index is 1.73. The molecule has 1 atom stereocenters. The Morgan fingerprint density at radius 1 is 1.18 bits per heavy atom. The summed E-state index contributed by atoms with van der Waals surface area (Å²) >= 11 is 0. The molecule has 2 aromatic rings. The summed E-state index contributed by atoms with van der Waals surface area (Å²) in [6, 6.07) is 14.2. The molecular weight excluding hydrogens is 285 g/mol. The van der Waals surface area contributed by atoms with E-state index < -0.39 is 16.4 Å². The maximum Gasteiger partial charge on any atom is 0.327 e. The molecule has 0 spiro atoms. The number of nitrogens with one attached hydrogen (secondary N) is 1. The van der Waals surface area contributed by atoms with Gasteiger partial charge in [-0.25, -0.2) is 0 Å². The Morgan fingerprint density at radius 2 is 1.95 bits per heavy atom. The van der Waals surface area contributed by atoms with E-state index in [1.54, 1.807) is 6.07 Å². The average Bonchev–Trinajstić information content (AvgIpc) is 2.96. The summed E-state index contributed by atoms with van der Waals surface area (Å²) in [6.07, 6.45) is 0.850. The fourth-order valence-corrected chi connectivity index (χ4v) is 2.79. The van der Waals surface area contributed by atoms with Gasteiger partial charge >= 0.3 is 5.69 Å². The molecule has 0 aromatic heterocycles. The molecular formula is C16H16FN3O2. The molecule has 1 aliphatic rings.